The highest BCUT2D eigenvalue weighted by atomic mass is 16.5. The van der Waals surface area contributed by atoms with Gasteiger partial charge in [-0.05, 0) is 13.0 Å². The van der Waals surface area contributed by atoms with Crippen molar-refractivity contribution in [1.29, 1.82) is 5.26 Å². The molecule has 2 rings (SSSR count). The third kappa shape index (κ3) is 2.20. The van der Waals surface area contributed by atoms with Gasteiger partial charge in [-0.15, -0.1) is 0 Å². The van der Waals surface area contributed by atoms with Crippen molar-refractivity contribution in [2.75, 3.05) is 0 Å². The maximum atomic E-state index is 8.66. The van der Waals surface area contributed by atoms with Crippen molar-refractivity contribution in [3.05, 3.63) is 24.4 Å². The minimum Gasteiger partial charge on any atom is -0.339 e. The third-order valence-corrected chi connectivity index (χ3v) is 1.94. The van der Waals surface area contributed by atoms with Crippen molar-refractivity contribution in [2.24, 2.45) is 5.92 Å². The highest BCUT2D eigenvalue weighted by Gasteiger charge is 2.12. The number of nitriles is 1. The second-order valence-corrected chi connectivity index (χ2v) is 3.32. The lowest BCUT2D eigenvalue weighted by Gasteiger charge is -1.93. The molecule has 2 aromatic heterocycles. The van der Waals surface area contributed by atoms with E-state index in [1.165, 1.54) is 0 Å². The van der Waals surface area contributed by atoms with Crippen LogP contribution >= 0.6 is 0 Å². The molecule has 0 N–H and O–H groups in total. The van der Waals surface area contributed by atoms with Crippen LogP contribution in [-0.4, -0.2) is 20.1 Å². The topological polar surface area (TPSA) is 88.5 Å². The van der Waals surface area contributed by atoms with Crippen molar-refractivity contribution in [3.8, 4) is 17.7 Å². The average Bonchev–Trinajstić information content (AvgIpc) is 2.78. The predicted molar refractivity (Wildman–Crippen MR) is 53.8 cm³/mol. The van der Waals surface area contributed by atoms with E-state index >= 15 is 0 Å². The first-order chi connectivity index (χ1) is 7.79. The Labute approximate surface area is 92.0 Å². The predicted octanol–water partition coefficient (Wildman–Crippen LogP) is 1.23. The van der Waals surface area contributed by atoms with Crippen LogP contribution in [0.4, 0.5) is 0 Å². The van der Waals surface area contributed by atoms with E-state index < -0.39 is 0 Å². The zero-order valence-corrected chi connectivity index (χ0v) is 8.66. The van der Waals surface area contributed by atoms with E-state index in [0.29, 0.717) is 24.0 Å². The summed E-state index contributed by atoms with van der Waals surface area (Å²) in [6.07, 6.45) is 3.66. The Morgan fingerprint density at radius 1 is 1.38 bits per heavy atom. The Bertz CT molecular complexity index is 501. The van der Waals surface area contributed by atoms with Gasteiger partial charge >= 0.3 is 0 Å². The van der Waals surface area contributed by atoms with Crippen LogP contribution in [0.25, 0.3) is 11.6 Å². The summed E-state index contributed by atoms with van der Waals surface area (Å²) >= 11 is 0. The van der Waals surface area contributed by atoms with Crippen LogP contribution in [0.15, 0.2) is 23.0 Å². The molecule has 80 valence electrons. The summed E-state index contributed by atoms with van der Waals surface area (Å²) in [5.74, 6) is 1.05. The molecule has 0 saturated carbocycles. The third-order valence-electron chi connectivity index (χ3n) is 1.94. The standard InChI is InChI=1S/C10H9N5O/c1-7(6-11)5-8-14-10(15-16-8)9-12-3-2-4-13-9/h2-4,7H,5H2,1H3. The largest absolute Gasteiger partial charge is 0.339 e. The van der Waals surface area contributed by atoms with Crippen LogP contribution < -0.4 is 0 Å². The summed E-state index contributed by atoms with van der Waals surface area (Å²) in [5, 5.41) is 12.4. The molecule has 6 heteroatoms. The van der Waals surface area contributed by atoms with Crippen LogP contribution in [-0.2, 0) is 6.42 Å². The summed E-state index contributed by atoms with van der Waals surface area (Å²) in [5.41, 5.74) is 0. The molecule has 1 atom stereocenters. The molecular formula is C10H9N5O. The van der Waals surface area contributed by atoms with E-state index in [2.05, 4.69) is 26.2 Å². The molecule has 0 aromatic carbocycles. The van der Waals surface area contributed by atoms with Gasteiger partial charge in [0.05, 0.1) is 12.0 Å². The molecule has 1 unspecified atom stereocenters. The van der Waals surface area contributed by atoms with Gasteiger partial charge < -0.3 is 4.52 Å². The molecule has 0 aliphatic heterocycles. The molecule has 0 aliphatic rings. The summed E-state index contributed by atoms with van der Waals surface area (Å²) in [4.78, 5) is 12.1. The molecule has 2 aromatic rings. The van der Waals surface area contributed by atoms with Crippen molar-refractivity contribution < 1.29 is 4.52 Å². The molecule has 0 amide bonds. The van der Waals surface area contributed by atoms with E-state index in [9.17, 15) is 0 Å². The van der Waals surface area contributed by atoms with Gasteiger partial charge in [0, 0.05) is 18.8 Å². The van der Waals surface area contributed by atoms with E-state index in [1.54, 1.807) is 25.4 Å². The van der Waals surface area contributed by atoms with E-state index in [-0.39, 0.29) is 5.92 Å². The van der Waals surface area contributed by atoms with E-state index in [0.717, 1.165) is 0 Å². The van der Waals surface area contributed by atoms with Crippen LogP contribution in [0.3, 0.4) is 0 Å². The lowest BCUT2D eigenvalue weighted by molar-refractivity contribution is 0.369. The second-order valence-electron chi connectivity index (χ2n) is 3.32. The SMILES string of the molecule is CC(C#N)Cc1nc(-c2ncccn2)no1. The molecule has 0 radical (unpaired) electrons. The number of rotatable bonds is 3. The highest BCUT2D eigenvalue weighted by Crippen LogP contribution is 2.11. The fraction of sp³-hybridized carbons (Fsp3) is 0.300. The molecule has 2 heterocycles. The molecule has 0 spiro atoms. The lowest BCUT2D eigenvalue weighted by Crippen LogP contribution is -1.96. The van der Waals surface area contributed by atoms with Gasteiger partial charge in [-0.2, -0.15) is 10.2 Å². The fourth-order valence-electron chi connectivity index (χ4n) is 1.15. The van der Waals surface area contributed by atoms with Gasteiger partial charge in [-0.1, -0.05) is 5.16 Å². The monoisotopic (exact) mass is 215 g/mol. The van der Waals surface area contributed by atoms with Crippen LogP contribution in [0.5, 0.6) is 0 Å². The van der Waals surface area contributed by atoms with Crippen molar-refractivity contribution >= 4 is 0 Å². The quantitative estimate of drug-likeness (QED) is 0.765. The fourth-order valence-corrected chi connectivity index (χ4v) is 1.15. The number of hydrogen-bond donors (Lipinski definition) is 0. The Morgan fingerprint density at radius 2 is 2.12 bits per heavy atom. The molecule has 0 fully saturated rings. The number of nitrogens with zero attached hydrogens (tertiary/aromatic N) is 5. The van der Waals surface area contributed by atoms with Crippen LogP contribution in [0.1, 0.15) is 12.8 Å². The maximum absolute atomic E-state index is 8.66. The first-order valence-electron chi connectivity index (χ1n) is 4.79. The first kappa shape index (κ1) is 10.2. The molecular weight excluding hydrogens is 206 g/mol. The molecule has 0 bridgehead atoms. The van der Waals surface area contributed by atoms with E-state index in [1.807, 2.05) is 0 Å². The van der Waals surface area contributed by atoms with Crippen molar-refractivity contribution in [2.45, 2.75) is 13.3 Å². The van der Waals surface area contributed by atoms with Gasteiger partial charge in [0.25, 0.3) is 0 Å². The smallest absolute Gasteiger partial charge is 0.240 e. The van der Waals surface area contributed by atoms with Gasteiger partial charge in [0.15, 0.2) is 0 Å². The van der Waals surface area contributed by atoms with Gasteiger partial charge in [-0.25, -0.2) is 9.97 Å². The summed E-state index contributed by atoms with van der Waals surface area (Å²) in [7, 11) is 0. The molecule has 6 nitrogen and oxygen atoms in total. The zero-order chi connectivity index (χ0) is 11.4. The van der Waals surface area contributed by atoms with Gasteiger partial charge in [-0.3, -0.25) is 0 Å². The Hall–Kier alpha value is -2.29. The highest BCUT2D eigenvalue weighted by molar-refractivity contribution is 5.40. The lowest BCUT2D eigenvalue weighted by atomic mass is 10.1. The second kappa shape index (κ2) is 4.49. The average molecular weight is 215 g/mol. The van der Waals surface area contributed by atoms with Crippen LogP contribution in [0.2, 0.25) is 0 Å². The van der Waals surface area contributed by atoms with Gasteiger partial charge in [0.1, 0.15) is 0 Å². The molecule has 0 aliphatic carbocycles. The summed E-state index contributed by atoms with van der Waals surface area (Å²) in [6.45, 7) is 1.79. The summed E-state index contributed by atoms with van der Waals surface area (Å²) in [6, 6.07) is 3.81. The minimum atomic E-state index is -0.148. The van der Waals surface area contributed by atoms with Crippen molar-refractivity contribution in [1.82, 2.24) is 20.1 Å². The number of hydrogen-bond acceptors (Lipinski definition) is 6. The van der Waals surface area contributed by atoms with Crippen molar-refractivity contribution in [3.63, 3.8) is 0 Å². The molecule has 0 saturated heterocycles. The Balaban J connectivity index is 2.18. The zero-order valence-electron chi connectivity index (χ0n) is 8.66. The maximum Gasteiger partial charge on any atom is 0.240 e. The van der Waals surface area contributed by atoms with Crippen LogP contribution in [0, 0.1) is 17.2 Å². The first-order valence-corrected chi connectivity index (χ1v) is 4.79. The summed E-state index contributed by atoms with van der Waals surface area (Å²) < 4.78 is 5.00. The normalized spacial score (nSPS) is 12.0. The molecule has 16 heavy (non-hydrogen) atoms. The Morgan fingerprint density at radius 3 is 2.81 bits per heavy atom. The Kier molecular flexibility index (Phi) is 2.87. The van der Waals surface area contributed by atoms with E-state index in [4.69, 9.17) is 9.78 Å². The number of aromatic nitrogens is 4. The van der Waals surface area contributed by atoms with Gasteiger partial charge in [0.2, 0.25) is 17.5 Å². The minimum absolute atomic E-state index is 0.148.